The summed E-state index contributed by atoms with van der Waals surface area (Å²) in [5.74, 6) is 2.34. The largest absolute Gasteiger partial charge is 0.494 e. The molecule has 1 saturated heterocycles. The van der Waals surface area contributed by atoms with E-state index in [2.05, 4.69) is 26.3 Å². The van der Waals surface area contributed by atoms with Gasteiger partial charge in [-0.2, -0.15) is 0 Å². The number of aryl methyl sites for hydroxylation is 1. The van der Waals surface area contributed by atoms with Gasteiger partial charge in [-0.05, 0) is 67.9 Å². The predicted octanol–water partition coefficient (Wildman–Crippen LogP) is 2.90. The number of fused-ring (bicyclic) bond motifs is 4. The fourth-order valence-corrected chi connectivity index (χ4v) is 6.62. The molecule has 3 fully saturated rings. The monoisotopic (exact) mass is 499 g/mol. The summed E-state index contributed by atoms with van der Waals surface area (Å²) >= 11 is 0. The molecule has 37 heavy (non-hydrogen) atoms. The quantitative estimate of drug-likeness (QED) is 0.436. The zero-order valence-electron chi connectivity index (χ0n) is 21.4. The third kappa shape index (κ3) is 3.63. The molecule has 0 radical (unpaired) electrons. The van der Waals surface area contributed by atoms with Crippen LogP contribution in [0.5, 0.6) is 5.75 Å². The third-order valence-electron chi connectivity index (χ3n) is 8.59. The molecule has 9 heteroatoms. The highest BCUT2D eigenvalue weighted by Crippen LogP contribution is 2.40. The molecule has 4 aromatic rings. The van der Waals surface area contributed by atoms with E-state index in [9.17, 15) is 4.79 Å². The number of nitrogens with two attached hydrogens (primary N) is 2. The molecule has 2 bridgehead atoms. The molecule has 1 aromatic carbocycles. The van der Waals surface area contributed by atoms with Crippen LogP contribution < -0.4 is 16.2 Å². The molecule has 3 aromatic heterocycles. The Balaban J connectivity index is 1.32. The number of benzene rings is 1. The van der Waals surface area contributed by atoms with Gasteiger partial charge in [-0.1, -0.05) is 0 Å². The highest BCUT2D eigenvalue weighted by Gasteiger charge is 2.48. The van der Waals surface area contributed by atoms with Crippen molar-refractivity contribution in [2.75, 3.05) is 20.2 Å². The Labute approximate surface area is 215 Å². The minimum atomic E-state index is -0.395. The maximum Gasteiger partial charge on any atom is 0.254 e. The van der Waals surface area contributed by atoms with Gasteiger partial charge < -0.3 is 30.2 Å². The Kier molecular flexibility index (Phi) is 4.94. The van der Waals surface area contributed by atoms with Crippen molar-refractivity contribution >= 4 is 28.0 Å². The summed E-state index contributed by atoms with van der Waals surface area (Å²) in [5.41, 5.74) is 16.7. The number of hydrogen-bond acceptors (Lipinski definition) is 6. The summed E-state index contributed by atoms with van der Waals surface area (Å²) in [6.45, 7) is 2.10. The molecule has 4 N–H and O–H groups in total. The maximum atomic E-state index is 13.7. The van der Waals surface area contributed by atoms with Crippen LogP contribution in [0.25, 0.3) is 33.6 Å². The van der Waals surface area contributed by atoms with Crippen LogP contribution in [0.1, 0.15) is 36.0 Å². The number of hydrogen-bond donors (Lipinski definition) is 2. The first-order valence-corrected chi connectivity index (χ1v) is 13.2. The van der Waals surface area contributed by atoms with Crippen molar-refractivity contribution in [1.29, 1.82) is 0 Å². The van der Waals surface area contributed by atoms with Crippen LogP contribution in [-0.2, 0) is 13.6 Å². The van der Waals surface area contributed by atoms with Gasteiger partial charge in [0, 0.05) is 55.4 Å². The van der Waals surface area contributed by atoms with E-state index in [4.69, 9.17) is 21.2 Å². The summed E-state index contributed by atoms with van der Waals surface area (Å²) in [6, 6.07) is 9.99. The topological polar surface area (TPSA) is 117 Å². The fraction of sp³-hybridized carbons (Fsp3) is 0.464. The Hall–Kier alpha value is -3.43. The molecule has 9 nitrogen and oxygen atoms in total. The maximum absolute atomic E-state index is 13.7. The van der Waals surface area contributed by atoms with Crippen molar-refractivity contribution in [3.05, 3.63) is 42.1 Å². The highest BCUT2D eigenvalue weighted by molar-refractivity contribution is 6.00. The van der Waals surface area contributed by atoms with E-state index >= 15 is 0 Å². The van der Waals surface area contributed by atoms with Crippen LogP contribution in [0.3, 0.4) is 0 Å². The second kappa shape index (κ2) is 8.03. The first kappa shape index (κ1) is 22.7. The molecular weight excluding hydrogens is 466 g/mol. The van der Waals surface area contributed by atoms with Gasteiger partial charge in [0.1, 0.15) is 16.9 Å². The van der Waals surface area contributed by atoms with Crippen LogP contribution in [0.4, 0.5) is 0 Å². The number of piperidine rings is 1. The van der Waals surface area contributed by atoms with E-state index in [1.807, 2.05) is 36.3 Å². The van der Waals surface area contributed by atoms with E-state index in [1.54, 1.807) is 7.11 Å². The fourth-order valence-electron chi connectivity index (χ4n) is 6.62. The number of imidazole rings is 1. The average molecular weight is 500 g/mol. The van der Waals surface area contributed by atoms with Crippen molar-refractivity contribution < 1.29 is 9.53 Å². The molecule has 1 unspecified atom stereocenters. The first-order valence-electron chi connectivity index (χ1n) is 13.2. The van der Waals surface area contributed by atoms with Gasteiger partial charge in [0.15, 0.2) is 5.82 Å². The van der Waals surface area contributed by atoms with Crippen LogP contribution in [0.2, 0.25) is 0 Å². The Morgan fingerprint density at radius 3 is 2.84 bits per heavy atom. The van der Waals surface area contributed by atoms with Crippen LogP contribution >= 0.6 is 0 Å². The lowest BCUT2D eigenvalue weighted by atomic mass is 9.91. The molecule has 3 atom stereocenters. The standard InChI is InChI=1S/C28H33N7O2/c1-33-24-21(32-26(33)22-9-17-4-3-7-31-25(17)35(22)13-16-5-6-16)8-18(10-23(24)37-2)27(36)34-14-19-11-28(30,15-34)12-20(19)29/h3-4,7-10,16,19-20H,5-6,11-15,29-30H2,1-2H3/t19-,20+,28?/m1/s1. The number of ether oxygens (including phenoxy) is 1. The number of amides is 1. The molecule has 192 valence electrons. The summed E-state index contributed by atoms with van der Waals surface area (Å²) in [7, 11) is 3.64. The zero-order valence-corrected chi connectivity index (χ0v) is 21.4. The van der Waals surface area contributed by atoms with Crippen molar-refractivity contribution in [2.24, 2.45) is 30.4 Å². The van der Waals surface area contributed by atoms with Gasteiger partial charge in [0.05, 0.1) is 18.3 Å². The molecule has 3 aliphatic rings. The number of methoxy groups -OCH3 is 1. The Bertz CT molecular complexity index is 1550. The SMILES string of the molecule is COc1cc(C(=O)N2C[C@H]3CC(N)(C[C@@H]3N)C2)cc2nc(-c3cc4cccnc4n3CC3CC3)n(C)c12. The lowest BCUT2D eigenvalue weighted by Gasteiger charge is -2.37. The zero-order chi connectivity index (χ0) is 25.5. The van der Waals surface area contributed by atoms with Crippen LogP contribution in [0.15, 0.2) is 36.5 Å². The summed E-state index contributed by atoms with van der Waals surface area (Å²) < 4.78 is 10.2. The van der Waals surface area contributed by atoms with Crippen LogP contribution in [0, 0.1) is 11.8 Å². The molecule has 1 amide bonds. The van der Waals surface area contributed by atoms with E-state index in [-0.39, 0.29) is 17.9 Å². The van der Waals surface area contributed by atoms with Crippen molar-refractivity contribution in [2.45, 2.75) is 43.8 Å². The summed E-state index contributed by atoms with van der Waals surface area (Å²) in [4.78, 5) is 25.3. The lowest BCUT2D eigenvalue weighted by molar-refractivity contribution is 0.0633. The number of aromatic nitrogens is 4. The first-order chi connectivity index (χ1) is 17.8. The van der Waals surface area contributed by atoms with Gasteiger partial charge in [-0.25, -0.2) is 9.97 Å². The van der Waals surface area contributed by atoms with Gasteiger partial charge in [0.25, 0.3) is 5.91 Å². The van der Waals surface area contributed by atoms with Crippen molar-refractivity contribution in [3.8, 4) is 17.3 Å². The lowest BCUT2D eigenvalue weighted by Crippen LogP contribution is -2.54. The Morgan fingerprint density at radius 1 is 1.24 bits per heavy atom. The number of carbonyl (C=O) groups is 1. The average Bonchev–Trinajstić information content (AvgIpc) is 3.49. The molecule has 1 aliphatic heterocycles. The van der Waals surface area contributed by atoms with E-state index in [1.165, 1.54) is 12.8 Å². The minimum absolute atomic E-state index is 0.0481. The Morgan fingerprint density at radius 2 is 2.08 bits per heavy atom. The minimum Gasteiger partial charge on any atom is -0.494 e. The summed E-state index contributed by atoms with van der Waals surface area (Å²) in [5, 5.41) is 1.10. The predicted molar refractivity (Wildman–Crippen MR) is 142 cm³/mol. The normalized spacial score (nSPS) is 25.4. The van der Waals surface area contributed by atoms with Gasteiger partial charge in [-0.15, -0.1) is 0 Å². The highest BCUT2D eigenvalue weighted by atomic mass is 16.5. The molecule has 4 heterocycles. The number of carbonyl (C=O) groups excluding carboxylic acids is 1. The van der Waals surface area contributed by atoms with E-state index in [0.29, 0.717) is 30.3 Å². The second-order valence-electron chi connectivity index (χ2n) is 11.4. The van der Waals surface area contributed by atoms with E-state index < -0.39 is 5.54 Å². The van der Waals surface area contributed by atoms with Gasteiger partial charge in [0.2, 0.25) is 0 Å². The van der Waals surface area contributed by atoms with Crippen LogP contribution in [-0.4, -0.2) is 61.7 Å². The number of rotatable bonds is 5. The number of nitrogens with zero attached hydrogens (tertiary/aromatic N) is 5. The molecule has 2 aliphatic carbocycles. The van der Waals surface area contributed by atoms with E-state index in [0.717, 1.165) is 53.0 Å². The summed E-state index contributed by atoms with van der Waals surface area (Å²) in [6.07, 6.45) is 5.99. The smallest absolute Gasteiger partial charge is 0.254 e. The molecular formula is C28H33N7O2. The van der Waals surface area contributed by atoms with Gasteiger partial charge in [-0.3, -0.25) is 4.79 Å². The van der Waals surface area contributed by atoms with Crippen molar-refractivity contribution in [1.82, 2.24) is 24.0 Å². The molecule has 7 rings (SSSR count). The molecule has 2 saturated carbocycles. The second-order valence-corrected chi connectivity index (χ2v) is 11.4. The third-order valence-corrected chi connectivity index (χ3v) is 8.59. The number of likely N-dealkylation sites (tertiary alicyclic amines) is 1. The number of pyridine rings is 1. The van der Waals surface area contributed by atoms with Crippen molar-refractivity contribution in [3.63, 3.8) is 0 Å². The van der Waals surface area contributed by atoms with Gasteiger partial charge >= 0.3 is 0 Å². The molecule has 0 spiro atoms.